The number of carbonyl (C=O) groups excluding carboxylic acids is 1. The second-order valence-corrected chi connectivity index (χ2v) is 5.68. The average molecular weight is 270 g/mol. The quantitative estimate of drug-likeness (QED) is 0.807. The van der Waals surface area contributed by atoms with Gasteiger partial charge in [0.05, 0.1) is 5.56 Å². The zero-order valence-electron chi connectivity index (χ0n) is 11.1. The Bertz CT molecular complexity index is 430. The Hall–Kier alpha value is -1.22. The fourth-order valence-electron chi connectivity index (χ4n) is 1.59. The Morgan fingerprint density at radius 1 is 1.44 bits per heavy atom. The van der Waals surface area contributed by atoms with E-state index in [0.717, 1.165) is 12.0 Å². The summed E-state index contributed by atoms with van der Waals surface area (Å²) in [6.45, 7) is 6.51. The maximum Gasteiger partial charge on any atom is 0.255 e. The Balaban J connectivity index is 2.69. The van der Waals surface area contributed by atoms with Crippen molar-refractivity contribution in [1.82, 2.24) is 5.32 Å². The van der Waals surface area contributed by atoms with Gasteiger partial charge in [0.25, 0.3) is 5.91 Å². The summed E-state index contributed by atoms with van der Waals surface area (Å²) in [5, 5.41) is 12.5. The molecule has 0 fully saturated rings. The van der Waals surface area contributed by atoms with Crippen LogP contribution in [-0.2, 0) is 0 Å². The number of amides is 1. The van der Waals surface area contributed by atoms with Gasteiger partial charge in [0, 0.05) is 12.4 Å². The second kappa shape index (κ2) is 6.10. The highest BCUT2D eigenvalue weighted by Gasteiger charge is 2.19. The molecule has 0 aromatic heterocycles. The molecule has 2 N–H and O–H groups in total. The third-order valence-corrected chi connectivity index (χ3v) is 3.08. The summed E-state index contributed by atoms with van der Waals surface area (Å²) in [5.74, 6) is 0.325. The Labute approximate surface area is 113 Å². The number of halogens is 1. The number of alkyl halides is 1. The zero-order chi connectivity index (χ0) is 13.8. The number of hydrogen-bond acceptors (Lipinski definition) is 2. The maximum atomic E-state index is 12.0. The third kappa shape index (κ3) is 4.22. The zero-order valence-corrected chi connectivity index (χ0v) is 11.8. The average Bonchev–Trinajstić information content (AvgIpc) is 2.29. The van der Waals surface area contributed by atoms with E-state index in [0.29, 0.717) is 18.0 Å². The van der Waals surface area contributed by atoms with Crippen LogP contribution in [0.2, 0.25) is 0 Å². The van der Waals surface area contributed by atoms with Crippen LogP contribution < -0.4 is 5.32 Å². The van der Waals surface area contributed by atoms with Crippen LogP contribution in [-0.4, -0.2) is 23.4 Å². The molecule has 3 nitrogen and oxygen atoms in total. The molecule has 0 heterocycles. The molecular formula is C14H20ClNO2. The van der Waals surface area contributed by atoms with Crippen LogP contribution in [0.1, 0.15) is 36.2 Å². The number of hydrogen-bond donors (Lipinski definition) is 2. The standard InChI is InChI=1S/C14H20ClNO2/c1-10-4-5-12(17)11(8-10)13(18)16-9-14(2,3)6-7-15/h4-5,8,17H,6-7,9H2,1-3H3,(H,16,18). The van der Waals surface area contributed by atoms with Crippen molar-refractivity contribution in [3.05, 3.63) is 29.3 Å². The molecule has 1 amide bonds. The van der Waals surface area contributed by atoms with Gasteiger partial charge in [-0.15, -0.1) is 11.6 Å². The summed E-state index contributed by atoms with van der Waals surface area (Å²) < 4.78 is 0. The van der Waals surface area contributed by atoms with Crippen molar-refractivity contribution in [3.63, 3.8) is 0 Å². The second-order valence-electron chi connectivity index (χ2n) is 5.31. The smallest absolute Gasteiger partial charge is 0.255 e. The van der Waals surface area contributed by atoms with Crippen molar-refractivity contribution in [2.24, 2.45) is 5.41 Å². The van der Waals surface area contributed by atoms with Crippen molar-refractivity contribution >= 4 is 17.5 Å². The predicted octanol–water partition coefficient (Wildman–Crippen LogP) is 3.09. The lowest BCUT2D eigenvalue weighted by Crippen LogP contribution is -2.34. The fourth-order valence-corrected chi connectivity index (χ4v) is 2.10. The number of phenols is 1. The summed E-state index contributed by atoms with van der Waals surface area (Å²) in [7, 11) is 0. The fraction of sp³-hybridized carbons (Fsp3) is 0.500. The minimum Gasteiger partial charge on any atom is -0.507 e. The van der Waals surface area contributed by atoms with E-state index in [4.69, 9.17) is 11.6 Å². The summed E-state index contributed by atoms with van der Waals surface area (Å²) >= 11 is 5.71. The van der Waals surface area contributed by atoms with Crippen LogP contribution in [0, 0.1) is 12.3 Å². The maximum absolute atomic E-state index is 12.0. The highest BCUT2D eigenvalue weighted by Crippen LogP contribution is 2.21. The lowest BCUT2D eigenvalue weighted by molar-refractivity contribution is 0.0933. The van der Waals surface area contributed by atoms with E-state index in [9.17, 15) is 9.90 Å². The Morgan fingerprint density at radius 3 is 2.72 bits per heavy atom. The molecule has 0 unspecified atom stereocenters. The van der Waals surface area contributed by atoms with Gasteiger partial charge in [-0.25, -0.2) is 0 Å². The van der Waals surface area contributed by atoms with E-state index >= 15 is 0 Å². The van der Waals surface area contributed by atoms with Crippen LogP contribution in [0.5, 0.6) is 5.75 Å². The first-order chi connectivity index (χ1) is 8.35. The highest BCUT2D eigenvalue weighted by atomic mass is 35.5. The van der Waals surface area contributed by atoms with E-state index in [-0.39, 0.29) is 17.1 Å². The van der Waals surface area contributed by atoms with Gasteiger partial charge in [0.2, 0.25) is 0 Å². The summed E-state index contributed by atoms with van der Waals surface area (Å²) in [6.07, 6.45) is 0.828. The molecular weight excluding hydrogens is 250 g/mol. The first kappa shape index (κ1) is 14.8. The van der Waals surface area contributed by atoms with Crippen LogP contribution in [0.4, 0.5) is 0 Å². The van der Waals surface area contributed by atoms with E-state index in [1.807, 2.05) is 20.8 Å². The number of benzene rings is 1. The number of aryl methyl sites for hydroxylation is 1. The molecule has 100 valence electrons. The van der Waals surface area contributed by atoms with Crippen molar-refractivity contribution in [1.29, 1.82) is 0 Å². The summed E-state index contributed by atoms with van der Waals surface area (Å²) in [5.41, 5.74) is 1.21. The van der Waals surface area contributed by atoms with Gasteiger partial charge in [0.1, 0.15) is 5.75 Å². The number of nitrogens with one attached hydrogen (secondary N) is 1. The minimum absolute atomic E-state index is 0.00764. The largest absolute Gasteiger partial charge is 0.507 e. The summed E-state index contributed by atoms with van der Waals surface area (Å²) in [6, 6.07) is 4.98. The number of carbonyl (C=O) groups is 1. The van der Waals surface area contributed by atoms with E-state index < -0.39 is 0 Å². The van der Waals surface area contributed by atoms with Crippen molar-refractivity contribution < 1.29 is 9.90 Å². The molecule has 1 aromatic rings. The monoisotopic (exact) mass is 269 g/mol. The molecule has 0 saturated heterocycles. The molecule has 0 spiro atoms. The molecule has 0 aliphatic rings. The van der Waals surface area contributed by atoms with Crippen molar-refractivity contribution in [2.75, 3.05) is 12.4 Å². The van der Waals surface area contributed by atoms with Gasteiger partial charge >= 0.3 is 0 Å². The molecule has 1 aromatic carbocycles. The van der Waals surface area contributed by atoms with Crippen LogP contribution in [0.3, 0.4) is 0 Å². The Morgan fingerprint density at radius 2 is 2.11 bits per heavy atom. The lowest BCUT2D eigenvalue weighted by atomic mass is 9.90. The van der Waals surface area contributed by atoms with Gasteiger partial charge < -0.3 is 10.4 Å². The van der Waals surface area contributed by atoms with Gasteiger partial charge in [0.15, 0.2) is 0 Å². The van der Waals surface area contributed by atoms with Gasteiger partial charge in [-0.05, 0) is 30.9 Å². The van der Waals surface area contributed by atoms with E-state index in [2.05, 4.69) is 5.32 Å². The molecule has 0 aliphatic heterocycles. The van der Waals surface area contributed by atoms with Crippen LogP contribution >= 0.6 is 11.6 Å². The molecule has 0 atom stereocenters. The first-order valence-corrected chi connectivity index (χ1v) is 6.53. The number of aromatic hydroxyl groups is 1. The molecule has 0 bridgehead atoms. The molecule has 18 heavy (non-hydrogen) atoms. The van der Waals surface area contributed by atoms with E-state index in [1.165, 1.54) is 6.07 Å². The third-order valence-electron chi connectivity index (χ3n) is 2.90. The normalized spacial score (nSPS) is 11.3. The SMILES string of the molecule is Cc1ccc(O)c(C(=O)NCC(C)(C)CCCl)c1. The Kier molecular flexibility index (Phi) is 5.03. The predicted molar refractivity (Wildman–Crippen MR) is 74.3 cm³/mol. The van der Waals surface area contributed by atoms with Crippen molar-refractivity contribution in [3.8, 4) is 5.75 Å². The van der Waals surface area contributed by atoms with Crippen molar-refractivity contribution in [2.45, 2.75) is 27.2 Å². The van der Waals surface area contributed by atoms with Crippen LogP contribution in [0.25, 0.3) is 0 Å². The molecule has 4 heteroatoms. The van der Waals surface area contributed by atoms with Gasteiger partial charge in [-0.3, -0.25) is 4.79 Å². The molecule has 0 aliphatic carbocycles. The molecule has 0 saturated carbocycles. The lowest BCUT2D eigenvalue weighted by Gasteiger charge is -2.23. The minimum atomic E-state index is -0.251. The first-order valence-electron chi connectivity index (χ1n) is 5.99. The van der Waals surface area contributed by atoms with Gasteiger partial charge in [-0.2, -0.15) is 0 Å². The highest BCUT2D eigenvalue weighted by molar-refractivity contribution is 6.17. The topological polar surface area (TPSA) is 49.3 Å². The number of rotatable bonds is 5. The summed E-state index contributed by atoms with van der Waals surface area (Å²) in [4.78, 5) is 12.0. The molecule has 1 rings (SSSR count). The van der Waals surface area contributed by atoms with E-state index in [1.54, 1.807) is 12.1 Å². The molecule has 0 radical (unpaired) electrons. The number of phenolic OH excluding ortho intramolecular Hbond substituents is 1. The van der Waals surface area contributed by atoms with Gasteiger partial charge in [-0.1, -0.05) is 25.5 Å². The van der Waals surface area contributed by atoms with Crippen LogP contribution in [0.15, 0.2) is 18.2 Å².